The van der Waals surface area contributed by atoms with Crippen LogP contribution in [0.5, 0.6) is 5.75 Å². The van der Waals surface area contributed by atoms with Gasteiger partial charge in [0, 0.05) is 12.6 Å². The van der Waals surface area contributed by atoms with Gasteiger partial charge in [-0.25, -0.2) is 13.1 Å². The zero-order chi connectivity index (χ0) is 17.0. The third kappa shape index (κ3) is 4.01. The zero-order valence-corrected chi connectivity index (χ0v) is 14.2. The van der Waals surface area contributed by atoms with Gasteiger partial charge < -0.3 is 10.5 Å². The summed E-state index contributed by atoms with van der Waals surface area (Å²) in [6, 6.07) is 4.29. The largest absolute Gasteiger partial charge is 0.496 e. The molecule has 23 heavy (non-hydrogen) atoms. The molecule has 128 valence electrons. The van der Waals surface area contributed by atoms with Gasteiger partial charge in [0.15, 0.2) is 0 Å². The molecule has 1 amide bonds. The normalized spacial score (nSPS) is 19.0. The first-order valence-corrected chi connectivity index (χ1v) is 9.09. The van der Waals surface area contributed by atoms with E-state index in [0.717, 1.165) is 25.9 Å². The number of sulfonamides is 1. The molecule has 1 aliphatic rings. The monoisotopic (exact) mass is 341 g/mol. The van der Waals surface area contributed by atoms with Gasteiger partial charge >= 0.3 is 0 Å². The number of likely N-dealkylation sites (tertiary alicyclic amines) is 1. The highest BCUT2D eigenvalue weighted by atomic mass is 32.2. The first-order valence-electron chi connectivity index (χ1n) is 7.60. The quantitative estimate of drug-likeness (QED) is 0.754. The fourth-order valence-corrected chi connectivity index (χ4v) is 3.98. The average molecular weight is 341 g/mol. The molecule has 0 aromatic heterocycles. The number of ether oxygens (including phenoxy) is 1. The van der Waals surface area contributed by atoms with Gasteiger partial charge in [-0.3, -0.25) is 9.69 Å². The fourth-order valence-electron chi connectivity index (χ4n) is 2.88. The summed E-state index contributed by atoms with van der Waals surface area (Å²) in [5.74, 6) is -0.476. The summed E-state index contributed by atoms with van der Waals surface area (Å²) in [4.78, 5) is 13.7. The average Bonchev–Trinajstić information content (AvgIpc) is 2.99. The second kappa shape index (κ2) is 7.29. The molecule has 0 bridgehead atoms. The summed E-state index contributed by atoms with van der Waals surface area (Å²) >= 11 is 0. The Morgan fingerprint density at radius 3 is 2.83 bits per heavy atom. The van der Waals surface area contributed by atoms with E-state index in [4.69, 9.17) is 10.5 Å². The molecule has 0 spiro atoms. The van der Waals surface area contributed by atoms with Crippen LogP contribution in [-0.4, -0.2) is 52.0 Å². The van der Waals surface area contributed by atoms with Crippen LogP contribution < -0.4 is 15.2 Å². The smallest absolute Gasteiger partial charge is 0.252 e. The van der Waals surface area contributed by atoms with Crippen LogP contribution in [0.2, 0.25) is 0 Å². The van der Waals surface area contributed by atoms with Gasteiger partial charge in [0.25, 0.3) is 5.91 Å². The molecule has 1 saturated heterocycles. The second-order valence-corrected chi connectivity index (χ2v) is 7.27. The van der Waals surface area contributed by atoms with E-state index in [0.29, 0.717) is 6.54 Å². The van der Waals surface area contributed by atoms with Gasteiger partial charge in [-0.2, -0.15) is 0 Å². The van der Waals surface area contributed by atoms with Crippen molar-refractivity contribution in [3.63, 3.8) is 0 Å². The molecule has 2 rings (SSSR count). The van der Waals surface area contributed by atoms with E-state index in [2.05, 4.69) is 16.5 Å². The number of methoxy groups -OCH3 is 1. The van der Waals surface area contributed by atoms with Gasteiger partial charge in [-0.05, 0) is 44.1 Å². The highest BCUT2D eigenvalue weighted by Crippen LogP contribution is 2.22. The third-order valence-corrected chi connectivity index (χ3v) is 5.58. The molecule has 1 unspecified atom stereocenters. The lowest BCUT2D eigenvalue weighted by atomic mass is 10.2. The number of primary amides is 1. The van der Waals surface area contributed by atoms with E-state index in [1.807, 2.05) is 0 Å². The number of hydrogen-bond donors (Lipinski definition) is 2. The number of likely N-dealkylation sites (N-methyl/N-ethyl adjacent to an activating group) is 1. The van der Waals surface area contributed by atoms with Crippen LogP contribution in [0.25, 0.3) is 0 Å². The number of carbonyl (C=O) groups excluding carboxylic acids is 1. The van der Waals surface area contributed by atoms with Gasteiger partial charge in [-0.15, -0.1) is 0 Å². The van der Waals surface area contributed by atoms with Crippen molar-refractivity contribution < 1.29 is 17.9 Å². The number of amides is 1. The summed E-state index contributed by atoms with van der Waals surface area (Å²) in [7, 11) is -2.30. The number of rotatable bonds is 7. The fraction of sp³-hybridized carbons (Fsp3) is 0.533. The molecule has 1 aromatic rings. The Labute approximate surface area is 136 Å². The van der Waals surface area contributed by atoms with E-state index in [1.54, 1.807) is 0 Å². The van der Waals surface area contributed by atoms with Crippen LogP contribution in [0.1, 0.15) is 30.1 Å². The van der Waals surface area contributed by atoms with Gasteiger partial charge in [0.05, 0.1) is 17.6 Å². The molecular weight excluding hydrogens is 318 g/mol. The SMILES string of the molecule is CCN1CCCC1CNS(=O)(=O)c1ccc(OC)c(C(N)=O)c1. The Kier molecular flexibility index (Phi) is 5.61. The van der Waals surface area contributed by atoms with E-state index in [-0.39, 0.29) is 22.3 Å². The highest BCUT2D eigenvalue weighted by molar-refractivity contribution is 7.89. The zero-order valence-electron chi connectivity index (χ0n) is 13.4. The van der Waals surface area contributed by atoms with Crippen LogP contribution >= 0.6 is 0 Å². The van der Waals surface area contributed by atoms with Crippen LogP contribution in [-0.2, 0) is 10.0 Å². The van der Waals surface area contributed by atoms with Crippen molar-refractivity contribution in [1.82, 2.24) is 9.62 Å². The Hall–Kier alpha value is -1.64. The topological polar surface area (TPSA) is 102 Å². The molecule has 0 saturated carbocycles. The minimum Gasteiger partial charge on any atom is -0.496 e. The van der Waals surface area contributed by atoms with Gasteiger partial charge in [0.1, 0.15) is 5.75 Å². The predicted molar refractivity (Wildman–Crippen MR) is 87.0 cm³/mol. The van der Waals surface area contributed by atoms with Crippen molar-refractivity contribution in [3.8, 4) is 5.75 Å². The van der Waals surface area contributed by atoms with Crippen LogP contribution in [0.15, 0.2) is 23.1 Å². The van der Waals surface area contributed by atoms with E-state index < -0.39 is 15.9 Å². The molecule has 0 aliphatic carbocycles. The molecule has 1 fully saturated rings. The lowest BCUT2D eigenvalue weighted by molar-refractivity contribution is 0.0997. The van der Waals surface area contributed by atoms with Gasteiger partial charge in [0.2, 0.25) is 10.0 Å². The van der Waals surface area contributed by atoms with Crippen molar-refractivity contribution in [1.29, 1.82) is 0 Å². The molecular formula is C15H23N3O4S. The van der Waals surface area contributed by atoms with Crippen molar-refractivity contribution in [2.45, 2.75) is 30.7 Å². The molecule has 1 heterocycles. The summed E-state index contributed by atoms with van der Waals surface area (Å²) in [5, 5.41) is 0. The molecule has 8 heteroatoms. The standard InChI is InChI=1S/C15H23N3O4S/c1-3-18-8-4-5-11(18)10-17-23(20,21)12-6-7-14(22-2)13(9-12)15(16)19/h6-7,9,11,17H,3-5,8,10H2,1-2H3,(H2,16,19). The maximum atomic E-state index is 12.4. The van der Waals surface area contributed by atoms with Crippen LogP contribution in [0.3, 0.4) is 0 Å². The molecule has 1 atom stereocenters. The summed E-state index contributed by atoms with van der Waals surface area (Å²) < 4.78 is 32.5. The Bertz CT molecular complexity index is 675. The lowest BCUT2D eigenvalue weighted by Crippen LogP contribution is -2.40. The molecule has 1 aromatic carbocycles. The molecule has 0 radical (unpaired) electrons. The summed E-state index contributed by atoms with van der Waals surface area (Å²) in [6.07, 6.45) is 2.06. The van der Waals surface area contributed by atoms with Crippen LogP contribution in [0, 0.1) is 0 Å². The van der Waals surface area contributed by atoms with Crippen LogP contribution in [0.4, 0.5) is 0 Å². The van der Waals surface area contributed by atoms with Crippen molar-refractivity contribution in [3.05, 3.63) is 23.8 Å². The van der Waals surface area contributed by atoms with E-state index in [1.165, 1.54) is 25.3 Å². The van der Waals surface area contributed by atoms with E-state index >= 15 is 0 Å². The Morgan fingerprint density at radius 1 is 1.48 bits per heavy atom. The molecule has 7 nitrogen and oxygen atoms in total. The van der Waals surface area contributed by atoms with Crippen molar-refractivity contribution >= 4 is 15.9 Å². The minimum atomic E-state index is -3.70. The number of nitrogens with two attached hydrogens (primary N) is 1. The Balaban J connectivity index is 2.16. The summed E-state index contributed by atoms with van der Waals surface area (Å²) in [5.41, 5.74) is 5.32. The third-order valence-electron chi connectivity index (χ3n) is 4.16. The predicted octanol–water partition coefficient (Wildman–Crippen LogP) is 0.557. The highest BCUT2D eigenvalue weighted by Gasteiger charge is 2.25. The first-order chi connectivity index (χ1) is 10.9. The first kappa shape index (κ1) is 17.7. The van der Waals surface area contributed by atoms with Crippen molar-refractivity contribution in [2.24, 2.45) is 5.73 Å². The molecule has 1 aliphatic heterocycles. The molecule has 3 N–H and O–H groups in total. The maximum absolute atomic E-state index is 12.4. The summed E-state index contributed by atoms with van der Waals surface area (Å²) in [6.45, 7) is 4.32. The number of nitrogens with one attached hydrogen (secondary N) is 1. The number of nitrogens with zero attached hydrogens (tertiary/aromatic N) is 1. The maximum Gasteiger partial charge on any atom is 0.252 e. The lowest BCUT2D eigenvalue weighted by Gasteiger charge is -2.22. The number of hydrogen-bond acceptors (Lipinski definition) is 5. The second-order valence-electron chi connectivity index (χ2n) is 5.50. The van der Waals surface area contributed by atoms with Crippen molar-refractivity contribution in [2.75, 3.05) is 26.7 Å². The van der Waals surface area contributed by atoms with Gasteiger partial charge in [-0.1, -0.05) is 6.92 Å². The number of benzene rings is 1. The Morgan fingerprint density at radius 2 is 2.22 bits per heavy atom. The number of carbonyl (C=O) groups is 1. The minimum absolute atomic E-state index is 0.00754. The van der Waals surface area contributed by atoms with E-state index in [9.17, 15) is 13.2 Å².